The quantitative estimate of drug-likeness (QED) is 0.373. The van der Waals surface area contributed by atoms with Gasteiger partial charge in [-0.05, 0) is 23.4 Å². The van der Waals surface area contributed by atoms with Gasteiger partial charge in [-0.2, -0.15) is 0 Å². The standard InChI is InChI=1S/C20H16Cl2F3N5O5/c1-33-17-5-15(35-30-17)19(31)28-29-20(32)27-7-14-13(23)2-9(6-26-14)11-3-10(21)4-12(22)18(11)34-8-16(24)25/h2-6,16H,7-8H2,1H3,(H,28,31)(H2,27,29,32). The molecule has 0 saturated heterocycles. The van der Waals surface area contributed by atoms with E-state index in [1.54, 1.807) is 0 Å². The normalized spacial score (nSPS) is 10.7. The largest absolute Gasteiger partial charge is 0.485 e. The summed E-state index contributed by atoms with van der Waals surface area (Å²) in [6, 6.07) is 4.04. The van der Waals surface area contributed by atoms with Gasteiger partial charge in [-0.3, -0.25) is 15.2 Å². The number of methoxy groups -OCH3 is 1. The highest BCUT2D eigenvalue weighted by Gasteiger charge is 2.18. The smallest absolute Gasteiger partial charge is 0.333 e. The second kappa shape index (κ2) is 11.6. The van der Waals surface area contributed by atoms with Gasteiger partial charge in [0, 0.05) is 22.3 Å². The number of nitrogens with zero attached hydrogens (tertiary/aromatic N) is 2. The van der Waals surface area contributed by atoms with Crippen molar-refractivity contribution in [2.45, 2.75) is 13.0 Å². The zero-order valence-electron chi connectivity index (χ0n) is 17.7. The maximum Gasteiger partial charge on any atom is 0.333 e. The van der Waals surface area contributed by atoms with Crippen molar-refractivity contribution in [3.05, 3.63) is 57.8 Å². The summed E-state index contributed by atoms with van der Waals surface area (Å²) < 4.78 is 54.4. The lowest BCUT2D eigenvalue weighted by Gasteiger charge is -2.14. The fourth-order valence-electron chi connectivity index (χ4n) is 2.66. The molecule has 15 heteroatoms. The highest BCUT2D eigenvalue weighted by molar-refractivity contribution is 6.36. The van der Waals surface area contributed by atoms with E-state index >= 15 is 0 Å². The molecule has 0 radical (unpaired) electrons. The number of hydrogen-bond acceptors (Lipinski definition) is 7. The molecule has 0 fully saturated rings. The monoisotopic (exact) mass is 533 g/mol. The van der Waals surface area contributed by atoms with E-state index < -0.39 is 30.8 Å². The van der Waals surface area contributed by atoms with Crippen LogP contribution in [-0.2, 0) is 6.54 Å². The molecule has 0 atom stereocenters. The number of aromatic nitrogens is 2. The van der Waals surface area contributed by atoms with Crippen LogP contribution in [0.1, 0.15) is 16.2 Å². The van der Waals surface area contributed by atoms with Crippen molar-refractivity contribution in [1.82, 2.24) is 26.3 Å². The Balaban J connectivity index is 1.63. The number of carbonyl (C=O) groups is 2. The molecule has 3 rings (SSSR count). The van der Waals surface area contributed by atoms with Gasteiger partial charge in [-0.25, -0.2) is 23.4 Å². The van der Waals surface area contributed by atoms with Gasteiger partial charge in [-0.1, -0.05) is 23.2 Å². The van der Waals surface area contributed by atoms with Crippen LogP contribution in [0.25, 0.3) is 11.1 Å². The van der Waals surface area contributed by atoms with E-state index in [4.69, 9.17) is 37.2 Å². The van der Waals surface area contributed by atoms with Crippen molar-refractivity contribution < 1.29 is 36.8 Å². The van der Waals surface area contributed by atoms with Crippen molar-refractivity contribution in [3.8, 4) is 22.8 Å². The summed E-state index contributed by atoms with van der Waals surface area (Å²) in [5.74, 6) is -1.89. The molecule has 0 bridgehead atoms. The summed E-state index contributed by atoms with van der Waals surface area (Å²) in [7, 11) is 1.33. The number of amides is 3. The number of pyridine rings is 1. The molecule has 2 heterocycles. The third-order valence-electron chi connectivity index (χ3n) is 4.22. The molecule has 186 valence electrons. The van der Waals surface area contributed by atoms with Gasteiger partial charge < -0.3 is 19.3 Å². The highest BCUT2D eigenvalue weighted by atomic mass is 35.5. The first-order valence-corrected chi connectivity index (χ1v) is 10.3. The Kier molecular flexibility index (Phi) is 8.60. The lowest BCUT2D eigenvalue weighted by molar-refractivity contribution is 0.0822. The van der Waals surface area contributed by atoms with Gasteiger partial charge in [0.2, 0.25) is 5.76 Å². The number of urea groups is 1. The Labute approximate surface area is 205 Å². The number of alkyl halides is 2. The number of ether oxygens (including phenoxy) is 2. The predicted molar refractivity (Wildman–Crippen MR) is 117 cm³/mol. The average molecular weight is 534 g/mol. The minimum atomic E-state index is -2.76. The van der Waals surface area contributed by atoms with Gasteiger partial charge in [0.25, 0.3) is 12.3 Å². The summed E-state index contributed by atoms with van der Waals surface area (Å²) in [6.45, 7) is -1.28. The summed E-state index contributed by atoms with van der Waals surface area (Å²) in [4.78, 5) is 27.7. The van der Waals surface area contributed by atoms with Crippen LogP contribution in [0.2, 0.25) is 10.0 Å². The van der Waals surface area contributed by atoms with Crippen LogP contribution < -0.4 is 25.6 Å². The molecule has 2 aromatic heterocycles. The minimum absolute atomic E-state index is 0.0400. The Bertz CT molecular complexity index is 1230. The van der Waals surface area contributed by atoms with E-state index in [9.17, 15) is 22.8 Å². The molecule has 0 aliphatic heterocycles. The molecule has 35 heavy (non-hydrogen) atoms. The predicted octanol–water partition coefficient (Wildman–Crippen LogP) is 3.98. The Morgan fingerprint density at radius 2 is 1.94 bits per heavy atom. The molecule has 3 N–H and O–H groups in total. The number of hydrogen-bond donors (Lipinski definition) is 3. The van der Waals surface area contributed by atoms with Crippen LogP contribution in [0.5, 0.6) is 11.6 Å². The summed E-state index contributed by atoms with van der Waals surface area (Å²) in [5.41, 5.74) is 4.25. The van der Waals surface area contributed by atoms with E-state index in [0.29, 0.717) is 0 Å². The van der Waals surface area contributed by atoms with Gasteiger partial charge in [0.05, 0.1) is 30.4 Å². The van der Waals surface area contributed by atoms with Crippen molar-refractivity contribution in [2.75, 3.05) is 13.7 Å². The topological polar surface area (TPSA) is 128 Å². The number of halogens is 5. The third kappa shape index (κ3) is 6.90. The maximum atomic E-state index is 14.6. The molecule has 10 nitrogen and oxygen atoms in total. The number of carbonyl (C=O) groups excluding carboxylic acids is 2. The molecule has 0 spiro atoms. The first kappa shape index (κ1) is 25.9. The van der Waals surface area contributed by atoms with Gasteiger partial charge in [-0.15, -0.1) is 0 Å². The van der Waals surface area contributed by atoms with Gasteiger partial charge >= 0.3 is 11.9 Å². The summed E-state index contributed by atoms with van der Waals surface area (Å²) in [6.07, 6.45) is -1.53. The van der Waals surface area contributed by atoms with Crippen molar-refractivity contribution in [2.24, 2.45) is 0 Å². The Hall–Kier alpha value is -3.71. The Morgan fingerprint density at radius 3 is 2.60 bits per heavy atom. The molecule has 0 unspecified atom stereocenters. The van der Waals surface area contributed by atoms with E-state index in [1.165, 1.54) is 31.5 Å². The lowest BCUT2D eigenvalue weighted by Crippen LogP contribution is -2.46. The van der Waals surface area contributed by atoms with Crippen molar-refractivity contribution in [1.29, 1.82) is 0 Å². The van der Waals surface area contributed by atoms with Crippen molar-refractivity contribution >= 4 is 35.1 Å². The molecular formula is C20H16Cl2F3N5O5. The fourth-order valence-corrected chi connectivity index (χ4v) is 3.20. The first-order valence-electron chi connectivity index (χ1n) is 9.57. The zero-order valence-corrected chi connectivity index (χ0v) is 19.2. The zero-order chi connectivity index (χ0) is 25.5. The highest BCUT2D eigenvalue weighted by Crippen LogP contribution is 2.39. The maximum absolute atomic E-state index is 14.6. The average Bonchev–Trinajstić information content (AvgIpc) is 3.30. The van der Waals surface area contributed by atoms with Crippen LogP contribution in [0.3, 0.4) is 0 Å². The third-order valence-corrected chi connectivity index (χ3v) is 4.72. The van der Waals surface area contributed by atoms with Crippen LogP contribution in [0, 0.1) is 5.82 Å². The van der Waals surface area contributed by atoms with Crippen LogP contribution in [-0.4, -0.2) is 42.2 Å². The number of benzene rings is 1. The van der Waals surface area contributed by atoms with Gasteiger partial charge in [0.15, 0.2) is 0 Å². The molecule has 0 saturated carbocycles. The summed E-state index contributed by atoms with van der Waals surface area (Å²) in [5, 5.41) is 5.86. The number of rotatable bonds is 8. The van der Waals surface area contributed by atoms with Crippen LogP contribution in [0.4, 0.5) is 18.0 Å². The van der Waals surface area contributed by atoms with Gasteiger partial charge in [0.1, 0.15) is 18.2 Å². The number of hydrazine groups is 1. The molecule has 3 aromatic rings. The van der Waals surface area contributed by atoms with Crippen molar-refractivity contribution in [3.63, 3.8) is 0 Å². The van der Waals surface area contributed by atoms with E-state index in [0.717, 1.165) is 6.07 Å². The van der Waals surface area contributed by atoms with Crippen LogP contribution >= 0.6 is 23.2 Å². The molecule has 0 aliphatic carbocycles. The summed E-state index contributed by atoms with van der Waals surface area (Å²) >= 11 is 12.0. The minimum Gasteiger partial charge on any atom is -0.485 e. The molecular weight excluding hydrogens is 518 g/mol. The molecule has 3 amide bonds. The first-order chi connectivity index (χ1) is 16.7. The fraction of sp³-hybridized carbons (Fsp3) is 0.200. The SMILES string of the molecule is COc1cc(C(=O)NNC(=O)NCc2ncc(-c3cc(Cl)cc(Cl)c3OCC(F)F)cc2F)on1. The number of nitrogens with one attached hydrogen (secondary N) is 3. The second-order valence-corrected chi connectivity index (χ2v) is 7.46. The van der Waals surface area contributed by atoms with E-state index in [1.807, 2.05) is 5.43 Å². The Morgan fingerprint density at radius 1 is 1.17 bits per heavy atom. The van der Waals surface area contributed by atoms with E-state index in [-0.39, 0.29) is 50.8 Å². The molecule has 1 aromatic carbocycles. The molecule has 0 aliphatic rings. The van der Waals surface area contributed by atoms with Crippen LogP contribution in [0.15, 0.2) is 35.0 Å². The second-order valence-electron chi connectivity index (χ2n) is 6.61. The van der Waals surface area contributed by atoms with E-state index in [2.05, 4.69) is 20.9 Å². The lowest BCUT2D eigenvalue weighted by atomic mass is 10.1.